The van der Waals surface area contributed by atoms with Gasteiger partial charge in [0, 0.05) is 13.1 Å². The van der Waals surface area contributed by atoms with Gasteiger partial charge in [-0.15, -0.1) is 0 Å². The van der Waals surface area contributed by atoms with Crippen molar-refractivity contribution in [1.29, 1.82) is 0 Å². The molecule has 0 fully saturated rings. The zero-order valence-corrected chi connectivity index (χ0v) is 20.8. The topological polar surface area (TPSA) is 106 Å². The van der Waals surface area contributed by atoms with E-state index >= 15 is 0 Å². The van der Waals surface area contributed by atoms with Gasteiger partial charge in [-0.2, -0.15) is 18.3 Å². The number of alkyl halides is 3. The van der Waals surface area contributed by atoms with Gasteiger partial charge in [0.15, 0.2) is 5.69 Å². The summed E-state index contributed by atoms with van der Waals surface area (Å²) < 4.78 is 53.1. The molecule has 12 heteroatoms. The van der Waals surface area contributed by atoms with Gasteiger partial charge in [-0.05, 0) is 42.3 Å². The van der Waals surface area contributed by atoms with Crippen LogP contribution in [-0.4, -0.2) is 53.6 Å². The largest absolute Gasteiger partial charge is 0.491 e. The number of esters is 1. The molecule has 2 aromatic carbocycles. The fraction of sp³-hybridized carbons (Fsp3) is 0.346. The van der Waals surface area contributed by atoms with Crippen molar-refractivity contribution in [2.45, 2.75) is 32.2 Å². The number of hydrogen-bond acceptors (Lipinski definition) is 7. The molecule has 0 spiro atoms. The highest BCUT2D eigenvalue weighted by atomic mass is 19.4. The van der Waals surface area contributed by atoms with Crippen LogP contribution in [0.4, 0.5) is 19.0 Å². The number of aromatic nitrogens is 2. The zero-order valence-electron chi connectivity index (χ0n) is 20.8. The molecule has 1 aliphatic heterocycles. The molecule has 2 heterocycles. The molecule has 1 unspecified atom stereocenters. The predicted octanol–water partition coefficient (Wildman–Crippen LogP) is 3.57. The van der Waals surface area contributed by atoms with E-state index in [0.717, 1.165) is 5.56 Å². The molecule has 2 N–H and O–H groups in total. The highest BCUT2D eigenvalue weighted by molar-refractivity contribution is 6.01. The smallest absolute Gasteiger partial charge is 0.436 e. The molecule has 1 amide bonds. The molecule has 0 saturated carbocycles. The fourth-order valence-corrected chi connectivity index (χ4v) is 4.31. The van der Waals surface area contributed by atoms with Crippen molar-refractivity contribution in [3.05, 3.63) is 76.5 Å². The number of ether oxygens (including phenoxy) is 2. The fourth-order valence-electron chi connectivity index (χ4n) is 4.31. The minimum atomic E-state index is -4.83. The Kier molecular flexibility index (Phi) is 7.91. The Morgan fingerprint density at radius 3 is 2.55 bits per heavy atom. The normalized spacial score (nSPS) is 13.7. The van der Waals surface area contributed by atoms with Crippen LogP contribution in [0.1, 0.15) is 50.5 Å². The SMILES string of the molecule is COC(=O)c1ccc(C(C)NC(=O)c2c(C(F)(F)F)nn3c2N(Cc2cccc(OCCO)c2)CC3)cc1. The number of nitrogens with zero attached hydrogens (tertiary/aromatic N) is 3. The number of methoxy groups -OCH3 is 1. The maximum Gasteiger partial charge on any atom is 0.436 e. The highest BCUT2D eigenvalue weighted by Gasteiger charge is 2.44. The molecule has 3 aromatic rings. The van der Waals surface area contributed by atoms with Crippen LogP contribution in [0.15, 0.2) is 48.5 Å². The van der Waals surface area contributed by atoms with Crippen LogP contribution in [0.2, 0.25) is 0 Å². The molecule has 202 valence electrons. The van der Waals surface area contributed by atoms with Crippen LogP contribution >= 0.6 is 0 Å². The average Bonchev–Trinajstić information content (AvgIpc) is 3.47. The zero-order chi connectivity index (χ0) is 27.4. The van der Waals surface area contributed by atoms with Crippen LogP contribution in [0, 0.1) is 0 Å². The van der Waals surface area contributed by atoms with Crippen LogP contribution < -0.4 is 15.0 Å². The quantitative estimate of drug-likeness (QED) is 0.406. The molecule has 1 atom stereocenters. The van der Waals surface area contributed by atoms with Crippen LogP contribution in [-0.2, 0) is 24.0 Å². The van der Waals surface area contributed by atoms with Crippen molar-refractivity contribution in [1.82, 2.24) is 15.1 Å². The van der Waals surface area contributed by atoms with E-state index in [1.54, 1.807) is 48.2 Å². The third-order valence-corrected chi connectivity index (χ3v) is 6.11. The minimum absolute atomic E-state index is 0.0877. The number of rotatable bonds is 9. The van der Waals surface area contributed by atoms with Gasteiger partial charge < -0.3 is 24.8 Å². The van der Waals surface area contributed by atoms with Crippen LogP contribution in [0.25, 0.3) is 0 Å². The van der Waals surface area contributed by atoms with Gasteiger partial charge in [0.1, 0.15) is 23.7 Å². The first kappa shape index (κ1) is 27.0. The summed E-state index contributed by atoms with van der Waals surface area (Å²) in [6.45, 7) is 2.39. The summed E-state index contributed by atoms with van der Waals surface area (Å²) >= 11 is 0. The van der Waals surface area contributed by atoms with E-state index in [1.165, 1.54) is 23.9 Å². The molecule has 0 aliphatic carbocycles. The van der Waals surface area contributed by atoms with E-state index in [-0.39, 0.29) is 32.1 Å². The van der Waals surface area contributed by atoms with Crippen molar-refractivity contribution in [3.63, 3.8) is 0 Å². The lowest BCUT2D eigenvalue weighted by atomic mass is 10.1. The number of halogens is 3. The number of carbonyl (C=O) groups excluding carboxylic acids is 2. The summed E-state index contributed by atoms with van der Waals surface area (Å²) in [6.07, 6.45) is -4.83. The lowest BCUT2D eigenvalue weighted by Crippen LogP contribution is -2.31. The molecule has 38 heavy (non-hydrogen) atoms. The van der Waals surface area contributed by atoms with Crippen LogP contribution in [0.5, 0.6) is 5.75 Å². The number of nitrogens with one attached hydrogen (secondary N) is 1. The second-order valence-corrected chi connectivity index (χ2v) is 8.72. The number of fused-ring (bicyclic) bond motifs is 1. The molecule has 0 saturated heterocycles. The highest BCUT2D eigenvalue weighted by Crippen LogP contribution is 2.39. The van der Waals surface area contributed by atoms with E-state index in [9.17, 15) is 22.8 Å². The summed E-state index contributed by atoms with van der Waals surface area (Å²) in [7, 11) is 1.26. The average molecular weight is 533 g/mol. The summed E-state index contributed by atoms with van der Waals surface area (Å²) in [4.78, 5) is 26.6. The van der Waals surface area contributed by atoms with Crippen molar-refractivity contribution in [2.24, 2.45) is 0 Å². The molecular formula is C26H27F3N4O5. The molecular weight excluding hydrogens is 505 g/mol. The lowest BCUT2D eigenvalue weighted by molar-refractivity contribution is -0.141. The standard InChI is InChI=1S/C26H27F3N4O5/c1-16(18-6-8-19(9-7-18)25(36)37-2)30-23(35)21-22(26(27,28)29)31-33-11-10-32(24(21)33)15-17-4-3-5-20(14-17)38-13-12-34/h3-9,14,16,34H,10-13,15H2,1-2H3,(H,30,35). The maximum absolute atomic E-state index is 13.9. The van der Waals surface area contributed by atoms with Crippen LogP contribution in [0.3, 0.4) is 0 Å². The number of carbonyl (C=O) groups is 2. The Hall–Kier alpha value is -4.06. The Labute approximate surface area is 216 Å². The molecule has 0 bridgehead atoms. The summed E-state index contributed by atoms with van der Waals surface area (Å²) in [5, 5.41) is 15.4. The maximum atomic E-state index is 13.9. The first-order chi connectivity index (χ1) is 18.1. The number of aliphatic hydroxyl groups excluding tert-OH is 1. The number of amides is 1. The third kappa shape index (κ3) is 5.75. The summed E-state index contributed by atoms with van der Waals surface area (Å²) in [5.74, 6) is -0.825. The summed E-state index contributed by atoms with van der Waals surface area (Å²) in [5.41, 5.74) is -0.122. The lowest BCUT2D eigenvalue weighted by Gasteiger charge is -2.21. The second-order valence-electron chi connectivity index (χ2n) is 8.72. The predicted molar refractivity (Wildman–Crippen MR) is 131 cm³/mol. The molecule has 1 aromatic heterocycles. The van der Waals surface area contributed by atoms with Gasteiger partial charge in [0.25, 0.3) is 5.91 Å². The van der Waals surface area contributed by atoms with Gasteiger partial charge in [-0.1, -0.05) is 24.3 Å². The summed E-state index contributed by atoms with van der Waals surface area (Å²) in [6, 6.07) is 12.6. The number of aliphatic hydroxyl groups is 1. The minimum Gasteiger partial charge on any atom is -0.491 e. The van der Waals surface area contributed by atoms with Crippen molar-refractivity contribution in [3.8, 4) is 5.75 Å². The Balaban J connectivity index is 1.60. The van der Waals surface area contributed by atoms with Gasteiger partial charge in [0.2, 0.25) is 0 Å². The van der Waals surface area contributed by atoms with Gasteiger partial charge >= 0.3 is 12.1 Å². The molecule has 9 nitrogen and oxygen atoms in total. The Morgan fingerprint density at radius 1 is 1.16 bits per heavy atom. The van der Waals surface area contributed by atoms with Gasteiger partial charge in [-0.25, -0.2) is 9.48 Å². The molecule has 0 radical (unpaired) electrons. The monoisotopic (exact) mass is 532 g/mol. The molecule has 4 rings (SSSR count). The number of anilines is 1. The Morgan fingerprint density at radius 2 is 1.89 bits per heavy atom. The van der Waals surface area contributed by atoms with Gasteiger partial charge in [0.05, 0.1) is 31.9 Å². The first-order valence-electron chi connectivity index (χ1n) is 11.9. The second kappa shape index (κ2) is 11.1. The Bertz CT molecular complexity index is 1310. The molecule has 1 aliphatic rings. The van der Waals surface area contributed by atoms with Gasteiger partial charge in [-0.3, -0.25) is 4.79 Å². The third-order valence-electron chi connectivity index (χ3n) is 6.11. The van der Waals surface area contributed by atoms with Crippen molar-refractivity contribution in [2.75, 3.05) is 31.8 Å². The number of hydrogen-bond donors (Lipinski definition) is 2. The van der Waals surface area contributed by atoms with Crippen molar-refractivity contribution < 1.29 is 37.3 Å². The van der Waals surface area contributed by atoms with E-state index in [4.69, 9.17) is 9.84 Å². The number of benzene rings is 2. The van der Waals surface area contributed by atoms with E-state index < -0.39 is 35.4 Å². The van der Waals surface area contributed by atoms with E-state index in [2.05, 4.69) is 15.2 Å². The van der Waals surface area contributed by atoms with Crippen molar-refractivity contribution >= 4 is 17.7 Å². The first-order valence-corrected chi connectivity index (χ1v) is 11.9. The van der Waals surface area contributed by atoms with E-state index in [0.29, 0.717) is 23.4 Å². The van der Waals surface area contributed by atoms with E-state index in [1.807, 2.05) is 0 Å².